The Bertz CT molecular complexity index is 221. The van der Waals surface area contributed by atoms with E-state index in [4.69, 9.17) is 5.73 Å². The molecule has 0 aliphatic carbocycles. The van der Waals surface area contributed by atoms with Crippen molar-refractivity contribution < 1.29 is 5.11 Å². The summed E-state index contributed by atoms with van der Waals surface area (Å²) in [5.41, 5.74) is 6.51. The molecular weight excluding hydrogens is 150 g/mol. The van der Waals surface area contributed by atoms with Gasteiger partial charge < -0.3 is 10.8 Å². The molecule has 1 rings (SSSR count). The van der Waals surface area contributed by atoms with Crippen molar-refractivity contribution in [2.45, 2.75) is 25.5 Å². The van der Waals surface area contributed by atoms with E-state index in [-0.39, 0.29) is 6.04 Å². The third-order valence-corrected chi connectivity index (χ3v) is 1.78. The maximum Gasteiger partial charge on any atom is 0.0804 e. The minimum Gasteiger partial charge on any atom is -0.388 e. The van der Waals surface area contributed by atoms with Crippen molar-refractivity contribution >= 4 is 0 Å². The topological polar surface area (TPSA) is 46.2 Å². The van der Waals surface area contributed by atoms with E-state index in [2.05, 4.69) is 0 Å². The van der Waals surface area contributed by atoms with Crippen LogP contribution < -0.4 is 5.73 Å². The molecule has 1 aromatic carbocycles. The molecule has 0 spiro atoms. The Morgan fingerprint density at radius 2 is 1.92 bits per heavy atom. The van der Waals surface area contributed by atoms with Crippen molar-refractivity contribution in [2.75, 3.05) is 0 Å². The number of aliphatic hydroxyl groups is 1. The third-order valence-electron chi connectivity index (χ3n) is 1.78. The predicted octanol–water partition coefficient (Wildman–Crippen LogP) is 1.46. The Morgan fingerprint density at radius 1 is 1.33 bits per heavy atom. The summed E-state index contributed by atoms with van der Waals surface area (Å²) in [7, 11) is 0. The van der Waals surface area contributed by atoms with Crippen molar-refractivity contribution in [3.05, 3.63) is 35.9 Å². The van der Waals surface area contributed by atoms with E-state index in [1.807, 2.05) is 37.3 Å². The van der Waals surface area contributed by atoms with E-state index in [1.165, 1.54) is 0 Å². The summed E-state index contributed by atoms with van der Waals surface area (Å²) in [4.78, 5) is 0. The predicted molar refractivity (Wildman–Crippen MR) is 49.7 cm³/mol. The van der Waals surface area contributed by atoms with Gasteiger partial charge in [-0.25, -0.2) is 0 Å². The first-order chi connectivity index (χ1) is 5.70. The minimum absolute atomic E-state index is 0.0419. The third kappa shape index (κ3) is 2.64. The second kappa shape index (κ2) is 4.24. The van der Waals surface area contributed by atoms with Crippen LogP contribution >= 0.6 is 0 Å². The molecular formula is C10H15NO. The smallest absolute Gasteiger partial charge is 0.0804 e. The molecule has 0 aliphatic rings. The van der Waals surface area contributed by atoms with E-state index in [1.54, 1.807) is 0 Å². The summed E-state index contributed by atoms with van der Waals surface area (Å²) in [6.45, 7) is 1.90. The summed E-state index contributed by atoms with van der Waals surface area (Å²) >= 11 is 0. The van der Waals surface area contributed by atoms with Crippen molar-refractivity contribution in [1.82, 2.24) is 0 Å². The molecule has 0 heterocycles. The molecule has 0 radical (unpaired) electrons. The molecule has 0 saturated carbocycles. The van der Waals surface area contributed by atoms with Crippen molar-refractivity contribution in [1.29, 1.82) is 0 Å². The van der Waals surface area contributed by atoms with E-state index in [9.17, 15) is 5.11 Å². The summed E-state index contributed by atoms with van der Waals surface area (Å²) in [6, 6.07) is 9.63. The van der Waals surface area contributed by atoms with E-state index in [0.29, 0.717) is 6.42 Å². The van der Waals surface area contributed by atoms with Crippen LogP contribution in [0.15, 0.2) is 30.3 Å². The highest BCUT2D eigenvalue weighted by Gasteiger charge is 2.08. The molecule has 0 bridgehead atoms. The molecule has 66 valence electrons. The second-order valence-electron chi connectivity index (χ2n) is 3.14. The van der Waals surface area contributed by atoms with Crippen molar-refractivity contribution in [3.63, 3.8) is 0 Å². The van der Waals surface area contributed by atoms with E-state index in [0.717, 1.165) is 5.56 Å². The van der Waals surface area contributed by atoms with Crippen LogP contribution in [0.5, 0.6) is 0 Å². The van der Waals surface area contributed by atoms with Gasteiger partial charge in [0.2, 0.25) is 0 Å². The highest BCUT2D eigenvalue weighted by Crippen LogP contribution is 2.16. The van der Waals surface area contributed by atoms with Gasteiger partial charge in [-0.15, -0.1) is 0 Å². The Hall–Kier alpha value is -0.860. The van der Waals surface area contributed by atoms with Crippen LogP contribution in [-0.2, 0) is 0 Å². The molecule has 2 heteroatoms. The number of hydrogen-bond donors (Lipinski definition) is 2. The molecule has 12 heavy (non-hydrogen) atoms. The lowest BCUT2D eigenvalue weighted by Crippen LogP contribution is -2.18. The fourth-order valence-electron chi connectivity index (χ4n) is 1.16. The van der Waals surface area contributed by atoms with Crippen LogP contribution in [0.4, 0.5) is 0 Å². The number of aliphatic hydroxyl groups excluding tert-OH is 1. The lowest BCUT2D eigenvalue weighted by Gasteiger charge is -2.12. The first-order valence-corrected chi connectivity index (χ1v) is 4.18. The second-order valence-corrected chi connectivity index (χ2v) is 3.14. The lowest BCUT2D eigenvalue weighted by atomic mass is 10.0. The van der Waals surface area contributed by atoms with Gasteiger partial charge in [-0.05, 0) is 18.9 Å². The minimum atomic E-state index is -0.425. The van der Waals surface area contributed by atoms with Gasteiger partial charge in [0, 0.05) is 6.04 Å². The number of rotatable bonds is 3. The van der Waals surface area contributed by atoms with Crippen LogP contribution in [0.3, 0.4) is 0 Å². The van der Waals surface area contributed by atoms with Gasteiger partial charge in [-0.2, -0.15) is 0 Å². The number of hydrogen-bond acceptors (Lipinski definition) is 2. The summed E-state index contributed by atoms with van der Waals surface area (Å²) < 4.78 is 0. The van der Waals surface area contributed by atoms with Crippen LogP contribution in [0.2, 0.25) is 0 Å². The fourth-order valence-corrected chi connectivity index (χ4v) is 1.16. The zero-order chi connectivity index (χ0) is 8.97. The Balaban J connectivity index is 2.59. The molecule has 0 saturated heterocycles. The van der Waals surface area contributed by atoms with E-state index >= 15 is 0 Å². The van der Waals surface area contributed by atoms with Crippen LogP contribution in [-0.4, -0.2) is 11.1 Å². The average Bonchev–Trinajstić information content (AvgIpc) is 2.05. The SMILES string of the molecule is CC(N)CC(O)c1ccccc1. The summed E-state index contributed by atoms with van der Waals surface area (Å²) in [6.07, 6.45) is 0.190. The summed E-state index contributed by atoms with van der Waals surface area (Å²) in [5.74, 6) is 0. The molecule has 0 amide bonds. The molecule has 1 aromatic rings. The molecule has 2 atom stereocenters. The maximum absolute atomic E-state index is 9.61. The van der Waals surface area contributed by atoms with Gasteiger partial charge >= 0.3 is 0 Å². The lowest BCUT2D eigenvalue weighted by molar-refractivity contribution is 0.160. The first kappa shape index (κ1) is 9.23. The van der Waals surface area contributed by atoms with Crippen molar-refractivity contribution in [2.24, 2.45) is 5.73 Å². The molecule has 0 aliphatic heterocycles. The fraction of sp³-hybridized carbons (Fsp3) is 0.400. The van der Waals surface area contributed by atoms with E-state index < -0.39 is 6.10 Å². The molecule has 0 fully saturated rings. The Kier molecular flexibility index (Phi) is 3.26. The molecule has 2 nitrogen and oxygen atoms in total. The quantitative estimate of drug-likeness (QED) is 0.712. The van der Waals surface area contributed by atoms with Crippen LogP contribution in [0, 0.1) is 0 Å². The van der Waals surface area contributed by atoms with Crippen LogP contribution in [0.1, 0.15) is 25.0 Å². The van der Waals surface area contributed by atoms with Crippen LogP contribution in [0.25, 0.3) is 0 Å². The highest BCUT2D eigenvalue weighted by molar-refractivity contribution is 5.17. The number of benzene rings is 1. The Morgan fingerprint density at radius 3 is 2.42 bits per heavy atom. The van der Waals surface area contributed by atoms with Gasteiger partial charge in [0.05, 0.1) is 6.10 Å². The molecule has 0 aromatic heterocycles. The van der Waals surface area contributed by atoms with Gasteiger partial charge in [0.15, 0.2) is 0 Å². The normalized spacial score (nSPS) is 15.6. The van der Waals surface area contributed by atoms with Gasteiger partial charge in [-0.1, -0.05) is 30.3 Å². The monoisotopic (exact) mass is 165 g/mol. The standard InChI is InChI=1S/C10H15NO/c1-8(11)7-10(12)9-5-3-2-4-6-9/h2-6,8,10,12H,7,11H2,1H3. The highest BCUT2D eigenvalue weighted by atomic mass is 16.3. The Labute approximate surface area is 73.0 Å². The molecule has 3 N–H and O–H groups in total. The largest absolute Gasteiger partial charge is 0.388 e. The zero-order valence-electron chi connectivity index (χ0n) is 7.27. The molecule has 2 unspecified atom stereocenters. The zero-order valence-corrected chi connectivity index (χ0v) is 7.27. The average molecular weight is 165 g/mol. The van der Waals surface area contributed by atoms with Gasteiger partial charge in [-0.3, -0.25) is 0 Å². The van der Waals surface area contributed by atoms with Gasteiger partial charge in [0.25, 0.3) is 0 Å². The van der Waals surface area contributed by atoms with Gasteiger partial charge in [0.1, 0.15) is 0 Å². The maximum atomic E-state index is 9.61. The number of nitrogens with two attached hydrogens (primary N) is 1. The van der Waals surface area contributed by atoms with Crippen molar-refractivity contribution in [3.8, 4) is 0 Å². The summed E-state index contributed by atoms with van der Waals surface area (Å²) in [5, 5.41) is 9.61. The first-order valence-electron chi connectivity index (χ1n) is 4.18.